The summed E-state index contributed by atoms with van der Waals surface area (Å²) in [6.07, 6.45) is 5.44. The van der Waals surface area contributed by atoms with Gasteiger partial charge in [0, 0.05) is 5.92 Å². The lowest BCUT2D eigenvalue weighted by Crippen LogP contribution is -2.33. The van der Waals surface area contributed by atoms with Crippen molar-refractivity contribution < 1.29 is 0 Å². The largest absolute Gasteiger partial charge is 0.304 e. The van der Waals surface area contributed by atoms with E-state index in [-0.39, 0.29) is 5.92 Å². The van der Waals surface area contributed by atoms with Gasteiger partial charge in [0.15, 0.2) is 0 Å². The summed E-state index contributed by atoms with van der Waals surface area (Å²) >= 11 is 0. The minimum atomic E-state index is 0.220. The number of aryl methyl sites for hydroxylation is 2. The molecule has 0 radical (unpaired) electrons. The smallest absolute Gasteiger partial charge is 0.122 e. The number of rotatable bonds is 5. The quantitative estimate of drug-likeness (QED) is 0.600. The van der Waals surface area contributed by atoms with E-state index < -0.39 is 0 Å². The Hall–Kier alpha value is -1.48. The molecule has 0 bridgehead atoms. The number of nitrogens with zero attached hydrogens (tertiary/aromatic N) is 2. The Morgan fingerprint density at radius 3 is 2.25 bits per heavy atom. The van der Waals surface area contributed by atoms with E-state index in [0.29, 0.717) is 5.84 Å². The Bertz CT molecular complexity index is 482. The van der Waals surface area contributed by atoms with Crippen LogP contribution in [0.2, 0.25) is 0 Å². The first-order chi connectivity index (χ1) is 11.5. The highest BCUT2D eigenvalue weighted by atomic mass is 15.1. The van der Waals surface area contributed by atoms with Gasteiger partial charge in [-0.05, 0) is 70.4 Å². The van der Waals surface area contributed by atoms with Gasteiger partial charge in [0.1, 0.15) is 5.84 Å². The van der Waals surface area contributed by atoms with E-state index in [4.69, 9.17) is 5.41 Å². The Morgan fingerprint density at radius 1 is 1.25 bits per heavy atom. The number of amidine groups is 1. The molecule has 134 valence electrons. The second kappa shape index (κ2) is 11.1. The van der Waals surface area contributed by atoms with Crippen molar-refractivity contribution in [1.82, 2.24) is 4.90 Å². The lowest BCUT2D eigenvalue weighted by atomic mass is 9.90. The van der Waals surface area contributed by atoms with Crippen LogP contribution in [0.3, 0.4) is 0 Å². The maximum absolute atomic E-state index is 6.96. The molecule has 0 amide bonds. The first-order valence-corrected chi connectivity index (χ1v) is 9.29. The first kappa shape index (κ1) is 20.6. The molecule has 3 heteroatoms. The van der Waals surface area contributed by atoms with E-state index in [1.807, 2.05) is 13.8 Å². The van der Waals surface area contributed by atoms with Crippen LogP contribution in [-0.4, -0.2) is 37.1 Å². The fourth-order valence-corrected chi connectivity index (χ4v) is 2.90. The third kappa shape index (κ3) is 7.87. The highest BCUT2D eigenvalue weighted by Gasteiger charge is 2.17. The summed E-state index contributed by atoms with van der Waals surface area (Å²) in [6.45, 7) is 15.3. The molecule has 1 N–H and O–H groups in total. The summed E-state index contributed by atoms with van der Waals surface area (Å²) < 4.78 is 0. The molecular formula is C21H35N3. The molecular weight excluding hydrogens is 294 g/mol. The van der Waals surface area contributed by atoms with Gasteiger partial charge in [0.05, 0.1) is 0 Å². The number of hydrogen-bond acceptors (Lipinski definition) is 2. The van der Waals surface area contributed by atoms with Crippen molar-refractivity contribution in [3.63, 3.8) is 0 Å². The average Bonchev–Trinajstić information content (AvgIpc) is 2.61. The van der Waals surface area contributed by atoms with E-state index in [9.17, 15) is 0 Å². The summed E-state index contributed by atoms with van der Waals surface area (Å²) in [5, 5.41) is 6.96. The molecule has 0 atom stereocenters. The second-order valence-corrected chi connectivity index (χ2v) is 7.10. The van der Waals surface area contributed by atoms with Gasteiger partial charge >= 0.3 is 0 Å². The molecule has 1 fully saturated rings. The third-order valence-electron chi connectivity index (χ3n) is 4.83. The maximum atomic E-state index is 6.96. The molecule has 1 aromatic carbocycles. The Balaban J connectivity index is 0.000000351. The molecule has 1 heterocycles. The van der Waals surface area contributed by atoms with Gasteiger partial charge in [0.2, 0.25) is 0 Å². The zero-order valence-corrected chi connectivity index (χ0v) is 16.0. The van der Waals surface area contributed by atoms with Crippen molar-refractivity contribution in [3.8, 4) is 0 Å². The van der Waals surface area contributed by atoms with Gasteiger partial charge in [0.25, 0.3) is 0 Å². The predicted molar refractivity (Wildman–Crippen MR) is 106 cm³/mol. The molecule has 2 rings (SSSR count). The summed E-state index contributed by atoms with van der Waals surface area (Å²) in [5.41, 5.74) is 2.87. The minimum Gasteiger partial charge on any atom is -0.304 e. The van der Waals surface area contributed by atoms with Crippen molar-refractivity contribution >= 4 is 12.6 Å². The van der Waals surface area contributed by atoms with Crippen LogP contribution in [0.5, 0.6) is 0 Å². The topological polar surface area (TPSA) is 39.5 Å². The lowest BCUT2D eigenvalue weighted by Gasteiger charge is -2.31. The van der Waals surface area contributed by atoms with Gasteiger partial charge in [-0.15, -0.1) is 0 Å². The summed E-state index contributed by atoms with van der Waals surface area (Å²) in [4.78, 5) is 5.99. The van der Waals surface area contributed by atoms with E-state index in [0.717, 1.165) is 5.92 Å². The van der Waals surface area contributed by atoms with Crippen LogP contribution < -0.4 is 0 Å². The van der Waals surface area contributed by atoms with Crippen LogP contribution in [0.15, 0.2) is 29.3 Å². The SMILES string of the molecule is C=NC(=N)C(C)C.CCN1CCC(CCc2ccc(C)cc2)CC1. The van der Waals surface area contributed by atoms with Crippen molar-refractivity contribution in [2.24, 2.45) is 16.8 Å². The molecule has 1 saturated heterocycles. The van der Waals surface area contributed by atoms with Gasteiger partial charge in [-0.1, -0.05) is 50.6 Å². The van der Waals surface area contributed by atoms with Gasteiger partial charge in [-0.25, -0.2) is 4.99 Å². The number of benzene rings is 1. The molecule has 0 aromatic heterocycles. The second-order valence-electron chi connectivity index (χ2n) is 7.10. The van der Waals surface area contributed by atoms with Crippen LogP contribution in [0.25, 0.3) is 0 Å². The molecule has 1 aliphatic rings. The third-order valence-corrected chi connectivity index (χ3v) is 4.83. The maximum Gasteiger partial charge on any atom is 0.122 e. The minimum absolute atomic E-state index is 0.220. The zero-order valence-electron chi connectivity index (χ0n) is 16.0. The molecule has 0 aliphatic carbocycles. The Morgan fingerprint density at radius 2 is 1.83 bits per heavy atom. The van der Waals surface area contributed by atoms with Crippen LogP contribution in [0.4, 0.5) is 0 Å². The predicted octanol–water partition coefficient (Wildman–Crippen LogP) is 4.98. The zero-order chi connectivity index (χ0) is 17.9. The fourth-order valence-electron chi connectivity index (χ4n) is 2.90. The molecule has 3 nitrogen and oxygen atoms in total. The van der Waals surface area contributed by atoms with E-state index in [1.165, 1.54) is 56.4 Å². The van der Waals surface area contributed by atoms with Crippen molar-refractivity contribution in [3.05, 3.63) is 35.4 Å². The van der Waals surface area contributed by atoms with Gasteiger partial charge in [-0.3, -0.25) is 5.41 Å². The molecule has 1 aromatic rings. The fraction of sp³-hybridized carbons (Fsp3) is 0.619. The monoisotopic (exact) mass is 329 g/mol. The van der Waals surface area contributed by atoms with Gasteiger partial charge in [-0.2, -0.15) is 0 Å². The normalized spacial score (nSPS) is 15.7. The number of nitrogens with one attached hydrogen (secondary N) is 1. The number of piperidine rings is 1. The van der Waals surface area contributed by atoms with E-state index >= 15 is 0 Å². The summed E-state index contributed by atoms with van der Waals surface area (Å²) in [7, 11) is 0. The van der Waals surface area contributed by atoms with Crippen molar-refractivity contribution in [2.45, 2.75) is 53.4 Å². The number of hydrogen-bond donors (Lipinski definition) is 1. The number of likely N-dealkylation sites (tertiary alicyclic amines) is 1. The molecule has 0 saturated carbocycles. The Kier molecular flexibility index (Phi) is 9.55. The highest BCUT2D eigenvalue weighted by molar-refractivity contribution is 5.84. The summed E-state index contributed by atoms with van der Waals surface area (Å²) in [5.74, 6) is 1.54. The van der Waals surface area contributed by atoms with Gasteiger partial charge < -0.3 is 4.90 Å². The molecule has 24 heavy (non-hydrogen) atoms. The first-order valence-electron chi connectivity index (χ1n) is 9.29. The highest BCUT2D eigenvalue weighted by Crippen LogP contribution is 2.22. The average molecular weight is 330 g/mol. The van der Waals surface area contributed by atoms with E-state index in [1.54, 1.807) is 0 Å². The molecule has 0 unspecified atom stereocenters. The Labute approximate surface area is 148 Å². The molecule has 1 aliphatic heterocycles. The lowest BCUT2D eigenvalue weighted by molar-refractivity contribution is 0.187. The van der Waals surface area contributed by atoms with Crippen molar-refractivity contribution in [1.29, 1.82) is 5.41 Å². The van der Waals surface area contributed by atoms with Crippen LogP contribution in [0, 0.1) is 24.2 Å². The molecule has 0 spiro atoms. The number of aliphatic imine (C=N–C) groups is 1. The van der Waals surface area contributed by atoms with Crippen LogP contribution >= 0.6 is 0 Å². The van der Waals surface area contributed by atoms with Crippen LogP contribution in [-0.2, 0) is 6.42 Å². The van der Waals surface area contributed by atoms with Crippen molar-refractivity contribution in [2.75, 3.05) is 19.6 Å². The van der Waals surface area contributed by atoms with E-state index in [2.05, 4.69) is 54.7 Å². The standard InChI is InChI=1S/C16H25N.C5H10N2/c1-3-17-12-10-16(11-13-17)9-8-15-6-4-14(2)5-7-15;1-4(2)5(6)7-3/h4-7,16H,3,8-13H2,1-2H3;4,6H,3H2,1-2H3. The summed E-state index contributed by atoms with van der Waals surface area (Å²) in [6, 6.07) is 9.04. The van der Waals surface area contributed by atoms with Crippen LogP contribution in [0.1, 0.15) is 51.2 Å².